The minimum Gasteiger partial charge on any atom is -0.394 e. The zero-order valence-electron chi connectivity index (χ0n) is 16.3. The normalized spacial score (nSPS) is 19.0. The molecular weight excluding hydrogens is 344 g/mol. The van der Waals surface area contributed by atoms with Crippen LogP contribution in [-0.4, -0.2) is 27.4 Å². The number of ether oxygens (including phenoxy) is 1. The van der Waals surface area contributed by atoms with Gasteiger partial charge in [-0.2, -0.15) is 0 Å². The molecule has 2 heterocycles. The molecule has 1 aliphatic rings. The van der Waals surface area contributed by atoms with Crippen molar-refractivity contribution in [3.63, 3.8) is 0 Å². The fourth-order valence-electron chi connectivity index (χ4n) is 3.32. The summed E-state index contributed by atoms with van der Waals surface area (Å²) in [7, 11) is 0. The SMILES string of the molecule is CCCCCCCCCCC#Cc1cn([C@H]2CC[C@@H](CO)O2)c(=O)[nH]c1=O. The number of aromatic nitrogens is 2. The van der Waals surface area contributed by atoms with Gasteiger partial charge in [-0.05, 0) is 19.3 Å². The highest BCUT2D eigenvalue weighted by atomic mass is 16.5. The van der Waals surface area contributed by atoms with Crippen LogP contribution < -0.4 is 11.2 Å². The minimum absolute atomic E-state index is 0.0696. The molecule has 2 rings (SSSR count). The Morgan fingerprint density at radius 1 is 1.15 bits per heavy atom. The molecule has 1 aliphatic heterocycles. The van der Waals surface area contributed by atoms with Crippen LogP contribution >= 0.6 is 0 Å². The van der Waals surface area contributed by atoms with Crippen molar-refractivity contribution in [1.82, 2.24) is 9.55 Å². The Kier molecular flexibility index (Phi) is 9.37. The number of unbranched alkanes of at least 4 members (excludes halogenated alkanes) is 8. The Bertz CT molecular complexity index is 741. The number of rotatable bonds is 10. The third-order valence-corrected chi connectivity index (χ3v) is 4.95. The van der Waals surface area contributed by atoms with Gasteiger partial charge < -0.3 is 9.84 Å². The summed E-state index contributed by atoms with van der Waals surface area (Å²) in [5.41, 5.74) is -0.682. The van der Waals surface area contributed by atoms with Crippen LogP contribution in [0.5, 0.6) is 0 Å². The average Bonchev–Trinajstić information content (AvgIpc) is 3.13. The molecule has 2 N–H and O–H groups in total. The van der Waals surface area contributed by atoms with E-state index in [9.17, 15) is 9.59 Å². The Labute approximate surface area is 161 Å². The number of hydrogen-bond acceptors (Lipinski definition) is 4. The zero-order valence-corrected chi connectivity index (χ0v) is 16.3. The molecular formula is C21H32N2O4. The molecule has 150 valence electrons. The summed E-state index contributed by atoms with van der Waals surface area (Å²) in [4.78, 5) is 26.3. The van der Waals surface area contributed by atoms with Crippen LogP contribution in [0.15, 0.2) is 15.8 Å². The third kappa shape index (κ3) is 7.00. The summed E-state index contributed by atoms with van der Waals surface area (Å²) >= 11 is 0. The van der Waals surface area contributed by atoms with Crippen LogP contribution in [0.4, 0.5) is 0 Å². The molecule has 2 atom stereocenters. The highest BCUT2D eigenvalue weighted by Crippen LogP contribution is 2.26. The first-order chi connectivity index (χ1) is 13.2. The molecule has 0 amide bonds. The zero-order chi connectivity index (χ0) is 19.5. The molecule has 27 heavy (non-hydrogen) atoms. The quantitative estimate of drug-likeness (QED) is 0.485. The molecule has 0 saturated carbocycles. The van der Waals surface area contributed by atoms with E-state index in [0.29, 0.717) is 12.8 Å². The van der Waals surface area contributed by atoms with Gasteiger partial charge in [-0.15, -0.1) is 0 Å². The summed E-state index contributed by atoms with van der Waals surface area (Å²) in [6.07, 6.45) is 12.8. The lowest BCUT2D eigenvalue weighted by molar-refractivity contribution is -0.0246. The third-order valence-electron chi connectivity index (χ3n) is 4.95. The Morgan fingerprint density at radius 3 is 2.52 bits per heavy atom. The van der Waals surface area contributed by atoms with E-state index in [1.165, 1.54) is 49.3 Å². The molecule has 1 aromatic heterocycles. The van der Waals surface area contributed by atoms with Crippen molar-refractivity contribution in [3.05, 3.63) is 32.6 Å². The predicted molar refractivity (Wildman–Crippen MR) is 106 cm³/mol. The maximum atomic E-state index is 12.0. The van der Waals surface area contributed by atoms with Crippen molar-refractivity contribution in [2.45, 2.75) is 89.9 Å². The van der Waals surface area contributed by atoms with Gasteiger partial charge in [0, 0.05) is 12.6 Å². The highest BCUT2D eigenvalue weighted by molar-refractivity contribution is 5.29. The van der Waals surface area contributed by atoms with Crippen molar-refractivity contribution in [1.29, 1.82) is 0 Å². The number of nitrogens with one attached hydrogen (secondary N) is 1. The second-order valence-corrected chi connectivity index (χ2v) is 7.21. The summed E-state index contributed by atoms with van der Waals surface area (Å²) in [5, 5.41) is 9.16. The number of aliphatic hydroxyl groups excluding tert-OH is 1. The van der Waals surface area contributed by atoms with E-state index in [-0.39, 0.29) is 18.3 Å². The van der Waals surface area contributed by atoms with E-state index in [1.54, 1.807) is 0 Å². The summed E-state index contributed by atoms with van der Waals surface area (Å²) < 4.78 is 6.99. The van der Waals surface area contributed by atoms with Gasteiger partial charge in [-0.25, -0.2) is 4.79 Å². The van der Waals surface area contributed by atoms with Gasteiger partial charge in [0.2, 0.25) is 0 Å². The van der Waals surface area contributed by atoms with Gasteiger partial charge in [0.1, 0.15) is 11.8 Å². The van der Waals surface area contributed by atoms with Crippen LogP contribution in [0.1, 0.15) is 89.3 Å². The van der Waals surface area contributed by atoms with Crippen LogP contribution in [-0.2, 0) is 4.74 Å². The van der Waals surface area contributed by atoms with Crippen molar-refractivity contribution < 1.29 is 9.84 Å². The van der Waals surface area contributed by atoms with Crippen molar-refractivity contribution in [2.75, 3.05) is 6.61 Å². The number of aliphatic hydroxyl groups is 1. The molecule has 0 aliphatic carbocycles. The van der Waals surface area contributed by atoms with Gasteiger partial charge in [0.15, 0.2) is 0 Å². The molecule has 1 saturated heterocycles. The molecule has 0 radical (unpaired) electrons. The van der Waals surface area contributed by atoms with Gasteiger partial charge in [0.25, 0.3) is 5.56 Å². The first-order valence-electron chi connectivity index (χ1n) is 10.3. The maximum Gasteiger partial charge on any atom is 0.330 e. The molecule has 0 bridgehead atoms. The molecule has 0 aromatic carbocycles. The summed E-state index contributed by atoms with van der Waals surface area (Å²) in [5.74, 6) is 5.93. The fourth-order valence-corrected chi connectivity index (χ4v) is 3.32. The lowest BCUT2D eigenvalue weighted by Gasteiger charge is -2.14. The van der Waals surface area contributed by atoms with Crippen molar-refractivity contribution in [3.8, 4) is 11.8 Å². The largest absolute Gasteiger partial charge is 0.394 e. The Balaban J connectivity index is 1.83. The smallest absolute Gasteiger partial charge is 0.330 e. The van der Waals surface area contributed by atoms with Crippen LogP contribution in [0.2, 0.25) is 0 Å². The predicted octanol–water partition coefficient (Wildman–Crippen LogP) is 3.09. The van der Waals surface area contributed by atoms with Gasteiger partial charge >= 0.3 is 5.69 Å². The lowest BCUT2D eigenvalue weighted by atomic mass is 10.1. The molecule has 0 unspecified atom stereocenters. The monoisotopic (exact) mass is 376 g/mol. The number of H-pyrrole nitrogens is 1. The second-order valence-electron chi connectivity index (χ2n) is 7.21. The minimum atomic E-state index is -0.503. The fraction of sp³-hybridized carbons (Fsp3) is 0.714. The van der Waals surface area contributed by atoms with Crippen molar-refractivity contribution >= 4 is 0 Å². The molecule has 6 nitrogen and oxygen atoms in total. The Hall–Kier alpha value is -1.84. The van der Waals surface area contributed by atoms with Gasteiger partial charge in [-0.1, -0.05) is 63.7 Å². The number of hydrogen-bond donors (Lipinski definition) is 2. The van der Waals surface area contributed by atoms with Crippen molar-refractivity contribution in [2.24, 2.45) is 0 Å². The summed E-state index contributed by atoms with van der Waals surface area (Å²) in [6, 6.07) is 0. The molecule has 6 heteroatoms. The van der Waals surface area contributed by atoms with E-state index < -0.39 is 17.5 Å². The van der Waals surface area contributed by atoms with E-state index in [0.717, 1.165) is 19.3 Å². The summed E-state index contributed by atoms with van der Waals surface area (Å²) in [6.45, 7) is 2.16. The highest BCUT2D eigenvalue weighted by Gasteiger charge is 2.27. The standard InChI is InChI=1S/C21H32N2O4/c1-2-3-4-5-6-7-8-9-10-11-12-17-15-23(21(26)22-20(17)25)19-14-13-18(16-24)27-19/h15,18-19,24H,2-10,13-14,16H2,1H3,(H,22,25,26)/t18-,19+/m0/s1. The van der Waals surface area contributed by atoms with E-state index in [4.69, 9.17) is 9.84 Å². The van der Waals surface area contributed by atoms with Gasteiger partial charge in [-0.3, -0.25) is 14.3 Å². The van der Waals surface area contributed by atoms with Crippen LogP contribution in [0.25, 0.3) is 0 Å². The number of nitrogens with zero attached hydrogens (tertiary/aromatic N) is 1. The molecule has 1 aromatic rings. The van der Waals surface area contributed by atoms with Gasteiger partial charge in [0.05, 0.1) is 12.7 Å². The van der Waals surface area contributed by atoms with Crippen LogP contribution in [0.3, 0.4) is 0 Å². The number of aromatic amines is 1. The first-order valence-corrected chi connectivity index (χ1v) is 10.3. The Morgan fingerprint density at radius 2 is 1.85 bits per heavy atom. The van der Waals surface area contributed by atoms with E-state index in [2.05, 4.69) is 23.7 Å². The average molecular weight is 376 g/mol. The second kappa shape index (κ2) is 11.8. The lowest BCUT2D eigenvalue weighted by Crippen LogP contribution is -2.33. The van der Waals surface area contributed by atoms with Crippen LogP contribution in [0, 0.1) is 11.8 Å². The molecule has 1 fully saturated rings. The first kappa shape index (κ1) is 21.5. The van der Waals surface area contributed by atoms with E-state index >= 15 is 0 Å². The molecule has 0 spiro atoms. The van der Waals surface area contributed by atoms with E-state index in [1.807, 2.05) is 0 Å². The topological polar surface area (TPSA) is 84.3 Å². The maximum absolute atomic E-state index is 12.0.